The minimum atomic E-state index is 0.0451. The van der Waals surface area contributed by atoms with E-state index < -0.39 is 0 Å². The third-order valence-electron chi connectivity index (χ3n) is 1.67. The number of hydrogen-bond acceptors (Lipinski definition) is 1. The standard InChI is InChI=1S/C11H16N2O/c1-13(2,3)12-11(14)9-10-7-5-4-6-8-10/h4-8H,9H2,1-3H3/p+1. The molecule has 76 valence electrons. The first kappa shape index (κ1) is 10.7. The lowest BCUT2D eigenvalue weighted by Gasteiger charge is -2.23. The van der Waals surface area contributed by atoms with Gasteiger partial charge in [-0.25, -0.2) is 10.0 Å². The molecule has 0 aliphatic heterocycles. The monoisotopic (exact) mass is 193 g/mol. The maximum Gasteiger partial charge on any atom is 0.269 e. The van der Waals surface area contributed by atoms with E-state index in [9.17, 15) is 4.79 Å². The minimum Gasteiger partial charge on any atom is -0.270 e. The van der Waals surface area contributed by atoms with Crippen molar-refractivity contribution in [3.63, 3.8) is 0 Å². The molecule has 3 nitrogen and oxygen atoms in total. The number of benzene rings is 1. The molecule has 0 heterocycles. The van der Waals surface area contributed by atoms with Crippen LogP contribution in [0.5, 0.6) is 0 Å². The Kier molecular flexibility index (Phi) is 3.25. The van der Waals surface area contributed by atoms with Gasteiger partial charge in [-0.2, -0.15) is 0 Å². The van der Waals surface area contributed by atoms with Crippen LogP contribution in [0.25, 0.3) is 0 Å². The Morgan fingerprint density at radius 2 is 1.79 bits per heavy atom. The predicted octanol–water partition coefficient (Wildman–Crippen LogP) is 0.966. The highest BCUT2D eigenvalue weighted by atomic mass is 16.2. The van der Waals surface area contributed by atoms with Gasteiger partial charge in [0, 0.05) is 0 Å². The van der Waals surface area contributed by atoms with Gasteiger partial charge in [0.05, 0.1) is 27.6 Å². The molecule has 1 aromatic rings. The van der Waals surface area contributed by atoms with E-state index in [1.165, 1.54) is 0 Å². The largest absolute Gasteiger partial charge is 0.270 e. The molecule has 0 atom stereocenters. The summed E-state index contributed by atoms with van der Waals surface area (Å²) in [6.45, 7) is 0. The Hall–Kier alpha value is -1.35. The fourth-order valence-corrected chi connectivity index (χ4v) is 1.19. The van der Waals surface area contributed by atoms with Crippen LogP contribution in [0.15, 0.2) is 30.3 Å². The van der Waals surface area contributed by atoms with Crippen LogP contribution in [-0.2, 0) is 11.2 Å². The van der Waals surface area contributed by atoms with Crippen LogP contribution in [0, 0.1) is 0 Å². The van der Waals surface area contributed by atoms with Gasteiger partial charge in [-0.05, 0) is 5.56 Å². The predicted molar refractivity (Wildman–Crippen MR) is 56.3 cm³/mol. The van der Waals surface area contributed by atoms with E-state index in [1.54, 1.807) is 0 Å². The van der Waals surface area contributed by atoms with Crippen LogP contribution < -0.4 is 5.43 Å². The van der Waals surface area contributed by atoms with Gasteiger partial charge in [0.1, 0.15) is 0 Å². The van der Waals surface area contributed by atoms with E-state index in [0.717, 1.165) is 5.56 Å². The molecule has 0 saturated heterocycles. The number of nitrogens with zero attached hydrogens (tertiary/aromatic N) is 1. The van der Waals surface area contributed by atoms with Crippen LogP contribution in [0.4, 0.5) is 0 Å². The van der Waals surface area contributed by atoms with Crippen molar-refractivity contribution in [3.05, 3.63) is 35.9 Å². The van der Waals surface area contributed by atoms with Crippen LogP contribution in [0.2, 0.25) is 0 Å². The molecule has 1 amide bonds. The van der Waals surface area contributed by atoms with Crippen molar-refractivity contribution < 1.29 is 9.39 Å². The van der Waals surface area contributed by atoms with Crippen molar-refractivity contribution >= 4 is 5.91 Å². The highest BCUT2D eigenvalue weighted by Crippen LogP contribution is 1.99. The SMILES string of the molecule is C[N+](C)(C)NC(=O)Cc1ccccc1. The Balaban J connectivity index is 2.50. The highest BCUT2D eigenvalue weighted by Gasteiger charge is 2.12. The van der Waals surface area contributed by atoms with Crippen LogP contribution in [0.3, 0.4) is 0 Å². The summed E-state index contributed by atoms with van der Waals surface area (Å²) in [5.74, 6) is 0.0451. The molecule has 1 N–H and O–H groups in total. The molecule has 1 aromatic carbocycles. The fraction of sp³-hybridized carbons (Fsp3) is 0.364. The van der Waals surface area contributed by atoms with Gasteiger partial charge in [-0.15, -0.1) is 0 Å². The maximum absolute atomic E-state index is 11.5. The number of carbonyl (C=O) groups excluding carboxylic acids is 1. The van der Waals surface area contributed by atoms with Crippen molar-refractivity contribution in [3.8, 4) is 0 Å². The van der Waals surface area contributed by atoms with Gasteiger partial charge in [-0.1, -0.05) is 30.3 Å². The normalized spacial score (nSPS) is 11.1. The summed E-state index contributed by atoms with van der Waals surface area (Å²) in [5, 5.41) is 0. The zero-order chi connectivity index (χ0) is 10.6. The maximum atomic E-state index is 11.5. The number of quaternary nitrogens is 1. The second-order valence-corrected chi connectivity index (χ2v) is 4.21. The van der Waals surface area contributed by atoms with Crippen LogP contribution in [-0.4, -0.2) is 31.6 Å². The van der Waals surface area contributed by atoms with E-state index in [0.29, 0.717) is 11.0 Å². The number of nitrogens with one attached hydrogen (secondary N) is 1. The van der Waals surface area contributed by atoms with Crippen molar-refractivity contribution in [2.75, 3.05) is 21.1 Å². The summed E-state index contributed by atoms with van der Waals surface area (Å²) in [5.41, 5.74) is 3.91. The smallest absolute Gasteiger partial charge is 0.269 e. The molecule has 0 bridgehead atoms. The molecule has 0 aliphatic rings. The Labute approximate surface area is 84.9 Å². The molecule has 0 saturated carbocycles. The fourth-order valence-electron chi connectivity index (χ4n) is 1.19. The summed E-state index contributed by atoms with van der Waals surface area (Å²) in [4.78, 5) is 11.5. The van der Waals surface area contributed by atoms with E-state index in [-0.39, 0.29) is 5.91 Å². The summed E-state index contributed by atoms with van der Waals surface area (Å²) in [7, 11) is 5.76. The van der Waals surface area contributed by atoms with Crippen molar-refractivity contribution in [2.24, 2.45) is 0 Å². The number of amides is 1. The Bertz CT molecular complexity index is 301. The first-order valence-corrected chi connectivity index (χ1v) is 4.64. The first-order valence-electron chi connectivity index (χ1n) is 4.64. The average molecular weight is 193 g/mol. The van der Waals surface area contributed by atoms with E-state index >= 15 is 0 Å². The molecule has 0 spiro atoms. The van der Waals surface area contributed by atoms with E-state index in [4.69, 9.17) is 0 Å². The molecule has 0 aliphatic carbocycles. The molecule has 14 heavy (non-hydrogen) atoms. The molecule has 0 aromatic heterocycles. The van der Waals surface area contributed by atoms with Gasteiger partial charge in [0.25, 0.3) is 5.91 Å². The molecule has 3 heteroatoms. The first-order chi connectivity index (χ1) is 6.47. The van der Waals surface area contributed by atoms with Gasteiger partial charge in [0.15, 0.2) is 0 Å². The molecular weight excluding hydrogens is 176 g/mol. The second-order valence-electron chi connectivity index (χ2n) is 4.21. The topological polar surface area (TPSA) is 29.1 Å². The highest BCUT2D eigenvalue weighted by molar-refractivity contribution is 5.77. The average Bonchev–Trinajstić information content (AvgIpc) is 2.02. The summed E-state index contributed by atoms with van der Waals surface area (Å²) >= 11 is 0. The zero-order valence-corrected chi connectivity index (χ0v) is 8.95. The van der Waals surface area contributed by atoms with E-state index in [1.807, 2.05) is 51.5 Å². The summed E-state index contributed by atoms with van der Waals surface area (Å²) in [6, 6.07) is 9.73. The van der Waals surface area contributed by atoms with Crippen molar-refractivity contribution in [1.29, 1.82) is 0 Å². The number of hydrogen-bond donors (Lipinski definition) is 1. The quantitative estimate of drug-likeness (QED) is 0.562. The van der Waals surface area contributed by atoms with Gasteiger partial charge in [-0.3, -0.25) is 4.79 Å². The summed E-state index contributed by atoms with van der Waals surface area (Å²) in [6.07, 6.45) is 0.441. The Morgan fingerprint density at radius 1 is 1.21 bits per heavy atom. The molecular formula is C11H17N2O+. The van der Waals surface area contributed by atoms with Crippen LogP contribution in [0.1, 0.15) is 5.56 Å². The van der Waals surface area contributed by atoms with Crippen LogP contribution >= 0.6 is 0 Å². The molecule has 0 fully saturated rings. The number of carbonyl (C=O) groups is 1. The molecule has 0 unspecified atom stereocenters. The van der Waals surface area contributed by atoms with Crippen molar-refractivity contribution in [2.45, 2.75) is 6.42 Å². The molecule has 1 rings (SSSR count). The zero-order valence-electron chi connectivity index (χ0n) is 8.95. The second kappa shape index (κ2) is 4.24. The van der Waals surface area contributed by atoms with E-state index in [2.05, 4.69) is 5.43 Å². The number of rotatable bonds is 3. The lowest BCUT2D eigenvalue weighted by molar-refractivity contribution is -0.906. The lowest BCUT2D eigenvalue weighted by atomic mass is 10.1. The summed E-state index contributed by atoms with van der Waals surface area (Å²) < 4.78 is 0.450. The molecule has 0 radical (unpaired) electrons. The van der Waals surface area contributed by atoms with Gasteiger partial charge >= 0.3 is 0 Å². The third kappa shape index (κ3) is 4.05. The lowest BCUT2D eigenvalue weighted by Crippen LogP contribution is -2.51. The third-order valence-corrected chi connectivity index (χ3v) is 1.67. The minimum absolute atomic E-state index is 0.0451. The van der Waals surface area contributed by atoms with Gasteiger partial charge < -0.3 is 0 Å². The van der Waals surface area contributed by atoms with Gasteiger partial charge in [0.2, 0.25) is 0 Å². The van der Waals surface area contributed by atoms with Crippen molar-refractivity contribution in [1.82, 2.24) is 5.43 Å². The Morgan fingerprint density at radius 3 is 2.29 bits per heavy atom.